The minimum absolute atomic E-state index is 0.0110. The minimum Gasteiger partial charge on any atom is -0.461 e. The van der Waals surface area contributed by atoms with Crippen LogP contribution in [0.5, 0.6) is 0 Å². The first-order chi connectivity index (χ1) is 13.5. The largest absolute Gasteiger partial charge is 0.461 e. The first-order valence-electron chi connectivity index (χ1n) is 9.22. The summed E-state index contributed by atoms with van der Waals surface area (Å²) < 4.78 is 42.9. The molecule has 0 aliphatic carbocycles. The molecule has 0 fully saturated rings. The Balaban J connectivity index is 1.99. The molecule has 0 saturated heterocycles. The normalized spacial score (nSPS) is 12.7. The summed E-state index contributed by atoms with van der Waals surface area (Å²) in [7, 11) is 0. The SMILES string of the molecule is Cc1c(COC(=O)CC(C)(C)CC=C(Cl)C(F)(F)F)cccc1-c1ccccc1. The summed E-state index contributed by atoms with van der Waals surface area (Å²) in [4.78, 5) is 12.2. The highest BCUT2D eigenvalue weighted by molar-refractivity contribution is 6.30. The Morgan fingerprint density at radius 2 is 1.72 bits per heavy atom. The fourth-order valence-corrected chi connectivity index (χ4v) is 3.00. The zero-order valence-corrected chi connectivity index (χ0v) is 17.4. The van der Waals surface area contributed by atoms with Crippen LogP contribution in [0.3, 0.4) is 0 Å². The number of ether oxygens (including phenoxy) is 1. The predicted molar refractivity (Wildman–Crippen MR) is 109 cm³/mol. The molecule has 2 nitrogen and oxygen atoms in total. The van der Waals surface area contributed by atoms with Gasteiger partial charge >= 0.3 is 12.1 Å². The number of rotatable bonds is 7. The van der Waals surface area contributed by atoms with Crippen LogP contribution in [0.15, 0.2) is 59.6 Å². The second-order valence-corrected chi connectivity index (χ2v) is 8.12. The summed E-state index contributed by atoms with van der Waals surface area (Å²) in [5, 5.41) is -1.17. The summed E-state index contributed by atoms with van der Waals surface area (Å²) in [5.41, 5.74) is 3.34. The monoisotopic (exact) mass is 424 g/mol. The molecule has 0 aromatic heterocycles. The number of esters is 1. The zero-order chi connectivity index (χ0) is 21.7. The first kappa shape index (κ1) is 23.0. The van der Waals surface area contributed by atoms with Crippen molar-refractivity contribution in [2.45, 2.75) is 46.4 Å². The Bertz CT molecular complexity index is 871. The molecule has 0 amide bonds. The molecule has 0 aliphatic heterocycles. The van der Waals surface area contributed by atoms with Crippen LogP contribution in [0.1, 0.15) is 37.8 Å². The van der Waals surface area contributed by atoms with Crippen LogP contribution in [0.2, 0.25) is 0 Å². The minimum atomic E-state index is -4.57. The fraction of sp³-hybridized carbons (Fsp3) is 0.348. The lowest BCUT2D eigenvalue weighted by Gasteiger charge is -2.22. The van der Waals surface area contributed by atoms with Gasteiger partial charge in [-0.3, -0.25) is 4.79 Å². The maximum Gasteiger partial charge on any atom is 0.426 e. The van der Waals surface area contributed by atoms with Crippen molar-refractivity contribution in [1.29, 1.82) is 0 Å². The standard InChI is InChI=1S/C23H24ClF3O2/c1-16-18(10-7-11-19(16)17-8-5-4-6-9-17)15-29-21(28)14-22(2,3)13-12-20(24)23(25,26)27/h4-12H,13-15H2,1-3H3. The molecule has 0 aliphatic rings. The van der Waals surface area contributed by atoms with Crippen molar-refractivity contribution in [2.24, 2.45) is 5.41 Å². The van der Waals surface area contributed by atoms with Crippen molar-refractivity contribution in [2.75, 3.05) is 0 Å². The number of halogens is 4. The predicted octanol–water partition coefficient (Wildman–Crippen LogP) is 7.20. The van der Waals surface area contributed by atoms with E-state index >= 15 is 0 Å². The Kier molecular flexibility index (Phi) is 7.53. The number of carbonyl (C=O) groups excluding carboxylic acids is 1. The molecule has 0 unspecified atom stereocenters. The Morgan fingerprint density at radius 3 is 2.34 bits per heavy atom. The molecule has 29 heavy (non-hydrogen) atoms. The Labute approximate surface area is 174 Å². The van der Waals surface area contributed by atoms with Crippen LogP contribution in [0.25, 0.3) is 11.1 Å². The van der Waals surface area contributed by atoms with Crippen molar-refractivity contribution < 1.29 is 22.7 Å². The summed E-state index contributed by atoms with van der Waals surface area (Å²) >= 11 is 5.24. The molecular formula is C23H24ClF3O2. The lowest BCUT2D eigenvalue weighted by molar-refractivity contribution is -0.147. The maximum atomic E-state index is 12.5. The van der Waals surface area contributed by atoms with Crippen LogP contribution in [0.4, 0.5) is 13.2 Å². The van der Waals surface area contributed by atoms with Crippen LogP contribution in [0, 0.1) is 12.3 Å². The van der Waals surface area contributed by atoms with Crippen LogP contribution in [-0.2, 0) is 16.1 Å². The molecule has 2 aromatic carbocycles. The van der Waals surface area contributed by atoms with Gasteiger partial charge in [0.05, 0.1) is 6.42 Å². The molecule has 0 heterocycles. The Hall–Kier alpha value is -2.27. The third-order valence-electron chi connectivity index (χ3n) is 4.65. The average Bonchev–Trinajstić information content (AvgIpc) is 2.65. The van der Waals surface area contributed by atoms with E-state index in [4.69, 9.17) is 16.3 Å². The molecule has 0 bridgehead atoms. The van der Waals surface area contributed by atoms with Gasteiger partial charge in [0.1, 0.15) is 11.6 Å². The first-order valence-corrected chi connectivity index (χ1v) is 9.60. The third-order valence-corrected chi connectivity index (χ3v) is 5.02. The quantitative estimate of drug-likeness (QED) is 0.439. The van der Waals surface area contributed by atoms with Gasteiger partial charge in [0.15, 0.2) is 0 Å². The van der Waals surface area contributed by atoms with E-state index < -0.39 is 22.6 Å². The summed E-state index contributed by atoms with van der Waals surface area (Å²) in [6.45, 7) is 5.49. The second kappa shape index (κ2) is 9.49. The van der Waals surface area contributed by atoms with Crippen LogP contribution in [-0.4, -0.2) is 12.1 Å². The van der Waals surface area contributed by atoms with E-state index in [1.807, 2.05) is 55.5 Å². The molecule has 0 atom stereocenters. The third kappa shape index (κ3) is 6.93. The number of benzene rings is 2. The maximum absolute atomic E-state index is 12.5. The summed E-state index contributed by atoms with van der Waals surface area (Å²) in [5.74, 6) is -0.462. The van der Waals surface area contributed by atoms with Crippen molar-refractivity contribution in [3.05, 3.63) is 70.8 Å². The van der Waals surface area contributed by atoms with Crippen molar-refractivity contribution in [1.82, 2.24) is 0 Å². The van der Waals surface area contributed by atoms with E-state index in [9.17, 15) is 18.0 Å². The van der Waals surface area contributed by atoms with Gasteiger partial charge in [-0.15, -0.1) is 0 Å². The van der Waals surface area contributed by atoms with Crippen molar-refractivity contribution in [3.8, 4) is 11.1 Å². The van der Waals surface area contributed by atoms with Crippen molar-refractivity contribution in [3.63, 3.8) is 0 Å². The molecule has 0 radical (unpaired) electrons. The van der Waals surface area contributed by atoms with Gasteiger partial charge in [-0.1, -0.05) is 80.1 Å². The zero-order valence-electron chi connectivity index (χ0n) is 16.6. The van der Waals surface area contributed by atoms with E-state index in [0.717, 1.165) is 28.3 Å². The molecular weight excluding hydrogens is 401 g/mol. The molecule has 2 rings (SSSR count). The smallest absolute Gasteiger partial charge is 0.426 e. The second-order valence-electron chi connectivity index (χ2n) is 7.71. The highest BCUT2D eigenvalue weighted by Crippen LogP contribution is 2.33. The number of alkyl halides is 3. The van der Waals surface area contributed by atoms with Crippen LogP contribution < -0.4 is 0 Å². The number of carbonyl (C=O) groups is 1. The van der Waals surface area contributed by atoms with Crippen LogP contribution >= 0.6 is 11.6 Å². The molecule has 156 valence electrons. The highest BCUT2D eigenvalue weighted by Gasteiger charge is 2.33. The fourth-order valence-electron chi connectivity index (χ4n) is 2.92. The van der Waals surface area contributed by atoms with E-state index in [-0.39, 0.29) is 19.4 Å². The van der Waals surface area contributed by atoms with E-state index in [2.05, 4.69) is 0 Å². The molecule has 0 N–H and O–H groups in total. The highest BCUT2D eigenvalue weighted by atomic mass is 35.5. The lowest BCUT2D eigenvalue weighted by Crippen LogP contribution is -2.19. The van der Waals surface area contributed by atoms with Gasteiger partial charge in [-0.05, 0) is 41.0 Å². The number of hydrogen-bond acceptors (Lipinski definition) is 2. The molecule has 2 aromatic rings. The lowest BCUT2D eigenvalue weighted by atomic mass is 9.85. The average molecular weight is 425 g/mol. The molecule has 0 saturated carbocycles. The van der Waals surface area contributed by atoms with Gasteiger partial charge in [-0.2, -0.15) is 13.2 Å². The van der Waals surface area contributed by atoms with Gasteiger partial charge in [0.25, 0.3) is 0 Å². The van der Waals surface area contributed by atoms with Gasteiger partial charge < -0.3 is 4.74 Å². The van der Waals surface area contributed by atoms with E-state index in [1.54, 1.807) is 13.8 Å². The molecule has 6 heteroatoms. The van der Waals surface area contributed by atoms with Gasteiger partial charge in [0.2, 0.25) is 0 Å². The summed E-state index contributed by atoms with van der Waals surface area (Å²) in [6.07, 6.45) is -3.66. The van der Waals surface area contributed by atoms with Gasteiger partial charge in [0, 0.05) is 0 Å². The van der Waals surface area contributed by atoms with E-state index in [0.29, 0.717) is 0 Å². The Morgan fingerprint density at radius 1 is 1.07 bits per heavy atom. The topological polar surface area (TPSA) is 26.3 Å². The van der Waals surface area contributed by atoms with Gasteiger partial charge in [-0.25, -0.2) is 0 Å². The number of allylic oxidation sites excluding steroid dienone is 2. The number of hydrogen-bond donors (Lipinski definition) is 0. The van der Waals surface area contributed by atoms with E-state index in [1.165, 1.54) is 0 Å². The summed E-state index contributed by atoms with van der Waals surface area (Å²) in [6, 6.07) is 15.7. The van der Waals surface area contributed by atoms with Crippen molar-refractivity contribution >= 4 is 17.6 Å². The molecule has 0 spiro atoms.